The van der Waals surface area contributed by atoms with Crippen LogP contribution in [0.2, 0.25) is 0 Å². The molecule has 1 rings (SSSR count). The maximum atomic E-state index is 9.89. The fourth-order valence-corrected chi connectivity index (χ4v) is 0.586. The number of carbonyl (C=O) groups excluding carboxylic acids is 1. The van der Waals surface area contributed by atoms with E-state index in [9.17, 15) is 4.79 Å². The van der Waals surface area contributed by atoms with Crippen LogP contribution in [0.1, 0.15) is 0 Å². The molecule has 1 aromatic rings. The highest BCUT2D eigenvalue weighted by atomic mass is 16.1. The van der Waals surface area contributed by atoms with Crippen LogP contribution < -0.4 is 11.1 Å². The van der Waals surface area contributed by atoms with E-state index in [1.165, 1.54) is 6.20 Å². The van der Waals surface area contributed by atoms with Crippen molar-refractivity contribution in [3.63, 3.8) is 0 Å². The van der Waals surface area contributed by atoms with Crippen molar-refractivity contribution in [3.8, 4) is 0 Å². The Kier molecular flexibility index (Phi) is 1.84. The van der Waals surface area contributed by atoms with Gasteiger partial charge in [0.15, 0.2) is 0 Å². The van der Waals surface area contributed by atoms with Gasteiger partial charge in [0.2, 0.25) is 6.41 Å². The van der Waals surface area contributed by atoms with Crippen LogP contribution >= 0.6 is 0 Å². The van der Waals surface area contributed by atoms with Crippen LogP contribution in [0.15, 0.2) is 18.3 Å². The molecule has 0 unspecified atom stereocenters. The largest absolute Gasteiger partial charge is 0.399 e. The zero-order valence-corrected chi connectivity index (χ0v) is 5.24. The van der Waals surface area contributed by atoms with Crippen molar-refractivity contribution in [1.82, 2.24) is 4.98 Å². The van der Waals surface area contributed by atoms with Gasteiger partial charge in [-0.25, -0.2) is 4.98 Å². The second-order valence-corrected chi connectivity index (χ2v) is 1.74. The standard InChI is InChI=1S/C6H7N3O/c7-5-1-2-8-6(3-5)9-4-10/h1-4H,(H3,7,8,9,10). The van der Waals surface area contributed by atoms with Crippen molar-refractivity contribution in [2.45, 2.75) is 0 Å². The Labute approximate surface area is 58.1 Å². The smallest absolute Gasteiger partial charge is 0.212 e. The van der Waals surface area contributed by atoms with Crippen molar-refractivity contribution < 1.29 is 4.79 Å². The SMILES string of the molecule is Nc1ccnc(NC=O)c1. The van der Waals surface area contributed by atoms with Gasteiger partial charge in [0, 0.05) is 18.0 Å². The van der Waals surface area contributed by atoms with Crippen molar-refractivity contribution in [3.05, 3.63) is 18.3 Å². The van der Waals surface area contributed by atoms with Crippen LogP contribution in [0.5, 0.6) is 0 Å². The van der Waals surface area contributed by atoms with Gasteiger partial charge >= 0.3 is 0 Å². The number of hydrogen-bond acceptors (Lipinski definition) is 3. The lowest BCUT2D eigenvalue weighted by molar-refractivity contribution is -0.105. The first kappa shape index (κ1) is 6.54. The third-order valence-corrected chi connectivity index (χ3v) is 0.991. The minimum atomic E-state index is 0.468. The van der Waals surface area contributed by atoms with Crippen LogP contribution in [0.25, 0.3) is 0 Å². The normalized spacial score (nSPS) is 8.80. The summed E-state index contributed by atoms with van der Waals surface area (Å²) in [5, 5.41) is 2.38. The molecule has 10 heavy (non-hydrogen) atoms. The lowest BCUT2D eigenvalue weighted by Crippen LogP contribution is -1.97. The van der Waals surface area contributed by atoms with Gasteiger partial charge in [-0.05, 0) is 6.07 Å². The van der Waals surface area contributed by atoms with Gasteiger partial charge in [-0.15, -0.1) is 0 Å². The summed E-state index contributed by atoms with van der Waals surface area (Å²) < 4.78 is 0. The third-order valence-electron chi connectivity index (χ3n) is 0.991. The molecule has 3 N–H and O–H groups in total. The number of anilines is 2. The molecule has 0 fully saturated rings. The molecule has 0 aromatic carbocycles. The number of nitrogens with zero attached hydrogens (tertiary/aromatic N) is 1. The molecular formula is C6H7N3O. The van der Waals surface area contributed by atoms with Gasteiger partial charge in [-0.2, -0.15) is 0 Å². The maximum absolute atomic E-state index is 9.89. The van der Waals surface area contributed by atoms with Gasteiger partial charge in [-0.1, -0.05) is 0 Å². The molecular weight excluding hydrogens is 130 g/mol. The van der Waals surface area contributed by atoms with Crippen LogP contribution in [0.3, 0.4) is 0 Å². The Balaban J connectivity index is 2.84. The Morgan fingerprint density at radius 3 is 3.10 bits per heavy atom. The summed E-state index contributed by atoms with van der Waals surface area (Å²) in [6.07, 6.45) is 2.09. The molecule has 52 valence electrons. The van der Waals surface area contributed by atoms with Crippen LogP contribution in [-0.4, -0.2) is 11.4 Å². The summed E-state index contributed by atoms with van der Waals surface area (Å²) in [6, 6.07) is 3.23. The second kappa shape index (κ2) is 2.82. The fraction of sp³-hybridized carbons (Fsp3) is 0. The quantitative estimate of drug-likeness (QED) is 0.573. The van der Waals surface area contributed by atoms with Crippen LogP contribution in [-0.2, 0) is 4.79 Å². The average Bonchev–Trinajstić information content (AvgIpc) is 1.88. The molecule has 0 aliphatic heterocycles. The monoisotopic (exact) mass is 137 g/mol. The summed E-state index contributed by atoms with van der Waals surface area (Å²) in [6.45, 7) is 0. The predicted octanol–water partition coefficient (Wildman–Crippen LogP) is 0.232. The molecule has 1 amide bonds. The van der Waals surface area contributed by atoms with Crippen molar-refractivity contribution >= 4 is 17.9 Å². The van der Waals surface area contributed by atoms with E-state index in [0.717, 1.165) is 0 Å². The molecule has 4 nitrogen and oxygen atoms in total. The van der Waals surface area contributed by atoms with E-state index >= 15 is 0 Å². The van der Waals surface area contributed by atoms with E-state index in [1.807, 2.05) is 0 Å². The lowest BCUT2D eigenvalue weighted by Gasteiger charge is -1.96. The van der Waals surface area contributed by atoms with Gasteiger partial charge in [0.05, 0.1) is 0 Å². The van der Waals surface area contributed by atoms with Crippen LogP contribution in [0, 0.1) is 0 Å². The first-order chi connectivity index (χ1) is 4.83. The Hall–Kier alpha value is -1.58. The first-order valence-corrected chi connectivity index (χ1v) is 2.74. The van der Waals surface area contributed by atoms with E-state index in [1.54, 1.807) is 12.1 Å². The summed E-state index contributed by atoms with van der Waals surface area (Å²) in [5.41, 5.74) is 5.98. The topological polar surface area (TPSA) is 68.0 Å². The highest BCUT2D eigenvalue weighted by Crippen LogP contribution is 2.05. The number of nitrogens with one attached hydrogen (secondary N) is 1. The van der Waals surface area contributed by atoms with Crippen molar-refractivity contribution in [2.24, 2.45) is 0 Å². The van der Waals surface area contributed by atoms with E-state index in [2.05, 4.69) is 10.3 Å². The molecule has 1 aromatic heterocycles. The van der Waals surface area contributed by atoms with E-state index in [0.29, 0.717) is 17.9 Å². The maximum Gasteiger partial charge on any atom is 0.212 e. The number of hydrogen-bond donors (Lipinski definition) is 2. The number of rotatable bonds is 2. The molecule has 0 aliphatic carbocycles. The van der Waals surface area contributed by atoms with Crippen molar-refractivity contribution in [2.75, 3.05) is 11.1 Å². The minimum Gasteiger partial charge on any atom is -0.399 e. The molecule has 0 spiro atoms. The number of aromatic nitrogens is 1. The Morgan fingerprint density at radius 1 is 1.70 bits per heavy atom. The molecule has 1 heterocycles. The fourth-order valence-electron chi connectivity index (χ4n) is 0.586. The average molecular weight is 137 g/mol. The van der Waals surface area contributed by atoms with Crippen molar-refractivity contribution in [1.29, 1.82) is 0 Å². The van der Waals surface area contributed by atoms with E-state index < -0.39 is 0 Å². The summed E-state index contributed by atoms with van der Waals surface area (Å²) in [5.74, 6) is 0.468. The molecule has 0 radical (unpaired) electrons. The molecule has 0 saturated carbocycles. The number of carbonyl (C=O) groups is 1. The van der Waals surface area contributed by atoms with Crippen LogP contribution in [0.4, 0.5) is 11.5 Å². The molecule has 0 bridgehead atoms. The van der Waals surface area contributed by atoms with Gasteiger partial charge in [-0.3, -0.25) is 4.79 Å². The predicted molar refractivity (Wildman–Crippen MR) is 38.3 cm³/mol. The Morgan fingerprint density at radius 2 is 2.50 bits per heavy atom. The lowest BCUT2D eigenvalue weighted by atomic mass is 10.4. The number of pyridine rings is 1. The Bertz CT molecular complexity index is 236. The molecule has 0 saturated heterocycles. The first-order valence-electron chi connectivity index (χ1n) is 2.74. The molecule has 0 atom stereocenters. The molecule has 0 aliphatic rings. The minimum absolute atomic E-state index is 0.468. The third kappa shape index (κ3) is 1.45. The summed E-state index contributed by atoms with van der Waals surface area (Å²) >= 11 is 0. The number of nitrogen functional groups attached to an aromatic ring is 1. The van der Waals surface area contributed by atoms with Gasteiger partial charge in [0.25, 0.3) is 0 Å². The van der Waals surface area contributed by atoms with E-state index in [4.69, 9.17) is 5.73 Å². The summed E-state index contributed by atoms with van der Waals surface area (Å²) in [4.78, 5) is 13.7. The van der Waals surface area contributed by atoms with E-state index in [-0.39, 0.29) is 0 Å². The zero-order valence-electron chi connectivity index (χ0n) is 5.24. The number of amides is 1. The molecule has 4 heteroatoms. The van der Waals surface area contributed by atoms with Gasteiger partial charge in [0.1, 0.15) is 5.82 Å². The summed E-state index contributed by atoms with van der Waals surface area (Å²) in [7, 11) is 0. The highest BCUT2D eigenvalue weighted by Gasteiger charge is 1.89. The number of nitrogens with two attached hydrogens (primary N) is 1. The highest BCUT2D eigenvalue weighted by molar-refractivity contribution is 5.70. The second-order valence-electron chi connectivity index (χ2n) is 1.74. The zero-order chi connectivity index (χ0) is 7.40. The van der Waals surface area contributed by atoms with Gasteiger partial charge < -0.3 is 11.1 Å².